The Hall–Kier alpha value is 0.01000. The van der Waals surface area contributed by atoms with E-state index in [1.54, 1.807) is 0 Å². The van der Waals surface area contributed by atoms with E-state index >= 15 is 0 Å². The van der Waals surface area contributed by atoms with Gasteiger partial charge in [0.2, 0.25) is 0 Å². The van der Waals surface area contributed by atoms with Gasteiger partial charge < -0.3 is 5.73 Å². The van der Waals surface area contributed by atoms with Crippen LogP contribution >= 0.6 is 27.7 Å². The zero-order valence-corrected chi connectivity index (χ0v) is 11.7. The number of hydrogen-bond acceptors (Lipinski definition) is 2. The highest BCUT2D eigenvalue weighted by Crippen LogP contribution is 2.30. The minimum atomic E-state index is 0.113. The van der Waals surface area contributed by atoms with E-state index in [1.165, 1.54) is 29.1 Å². The van der Waals surface area contributed by atoms with E-state index in [9.17, 15) is 0 Å². The van der Waals surface area contributed by atoms with Crippen LogP contribution in [0.2, 0.25) is 0 Å². The summed E-state index contributed by atoms with van der Waals surface area (Å²) in [5, 5.41) is 0. The molecule has 0 saturated heterocycles. The number of benzene rings is 1. The molecule has 1 aromatic carbocycles. The van der Waals surface area contributed by atoms with Crippen molar-refractivity contribution in [1.82, 2.24) is 0 Å². The number of nitrogens with two attached hydrogens (primary N) is 1. The summed E-state index contributed by atoms with van der Waals surface area (Å²) in [7, 11) is 0. The summed E-state index contributed by atoms with van der Waals surface area (Å²) in [5.41, 5.74) is 7.19. The smallest absolute Gasteiger partial charge is 0.0277 e. The van der Waals surface area contributed by atoms with Gasteiger partial charge in [0.25, 0.3) is 0 Å². The fourth-order valence-electron chi connectivity index (χ4n) is 1.34. The highest BCUT2D eigenvalue weighted by Gasteiger charge is 2.07. The van der Waals surface area contributed by atoms with Crippen LogP contribution in [0.25, 0.3) is 0 Å². The van der Waals surface area contributed by atoms with Crippen molar-refractivity contribution in [3.63, 3.8) is 0 Å². The molecule has 15 heavy (non-hydrogen) atoms. The second-order valence-corrected chi connectivity index (χ2v) is 5.73. The van der Waals surface area contributed by atoms with Crippen LogP contribution in [0.4, 0.5) is 0 Å². The average molecular weight is 288 g/mol. The standard InChI is InChI=1S/C12H18BrNS/c1-3-4-7-15-12-8-10(13)5-6-11(12)9(2)14/h5-6,8-9H,3-4,7,14H2,1-2H3. The van der Waals surface area contributed by atoms with Gasteiger partial charge in [-0.05, 0) is 36.8 Å². The molecule has 0 saturated carbocycles. The molecule has 0 aliphatic rings. The van der Waals surface area contributed by atoms with Crippen LogP contribution in [0.1, 0.15) is 38.3 Å². The van der Waals surface area contributed by atoms with E-state index in [2.05, 4.69) is 41.1 Å². The van der Waals surface area contributed by atoms with Crippen molar-refractivity contribution in [3.8, 4) is 0 Å². The monoisotopic (exact) mass is 287 g/mol. The molecule has 0 amide bonds. The van der Waals surface area contributed by atoms with Crippen molar-refractivity contribution >= 4 is 27.7 Å². The van der Waals surface area contributed by atoms with Crippen LogP contribution in [-0.2, 0) is 0 Å². The number of halogens is 1. The lowest BCUT2D eigenvalue weighted by molar-refractivity contribution is 0.796. The molecule has 1 rings (SSSR count). The molecule has 0 radical (unpaired) electrons. The molecule has 0 aliphatic heterocycles. The Morgan fingerprint density at radius 3 is 2.80 bits per heavy atom. The molecule has 84 valence electrons. The van der Waals surface area contributed by atoms with Crippen LogP contribution in [-0.4, -0.2) is 5.75 Å². The first-order valence-corrected chi connectivity index (χ1v) is 7.10. The summed E-state index contributed by atoms with van der Waals surface area (Å²) in [4.78, 5) is 1.31. The maximum Gasteiger partial charge on any atom is 0.0277 e. The highest BCUT2D eigenvalue weighted by atomic mass is 79.9. The van der Waals surface area contributed by atoms with Crippen LogP contribution in [0.15, 0.2) is 27.6 Å². The summed E-state index contributed by atoms with van der Waals surface area (Å²) < 4.78 is 1.13. The van der Waals surface area contributed by atoms with Crippen molar-refractivity contribution in [2.75, 3.05) is 5.75 Å². The molecule has 1 unspecified atom stereocenters. The molecule has 1 aromatic rings. The molecule has 0 aromatic heterocycles. The van der Waals surface area contributed by atoms with Crippen molar-refractivity contribution in [1.29, 1.82) is 0 Å². The Bertz CT molecular complexity index is 312. The molecule has 0 fully saturated rings. The summed E-state index contributed by atoms with van der Waals surface area (Å²) in [5.74, 6) is 1.17. The summed E-state index contributed by atoms with van der Waals surface area (Å²) in [6, 6.07) is 6.45. The zero-order chi connectivity index (χ0) is 11.3. The fraction of sp³-hybridized carbons (Fsp3) is 0.500. The molecular formula is C12H18BrNS. The molecule has 0 bridgehead atoms. The van der Waals surface area contributed by atoms with Crippen molar-refractivity contribution in [2.24, 2.45) is 5.73 Å². The van der Waals surface area contributed by atoms with Gasteiger partial charge in [-0.3, -0.25) is 0 Å². The quantitative estimate of drug-likeness (QED) is 0.643. The second-order valence-electron chi connectivity index (χ2n) is 3.67. The highest BCUT2D eigenvalue weighted by molar-refractivity contribution is 9.10. The van der Waals surface area contributed by atoms with E-state index in [-0.39, 0.29) is 6.04 Å². The first-order valence-electron chi connectivity index (χ1n) is 5.33. The Balaban J connectivity index is 2.77. The largest absolute Gasteiger partial charge is 0.324 e. The van der Waals surface area contributed by atoms with Gasteiger partial charge in [-0.15, -0.1) is 11.8 Å². The Morgan fingerprint density at radius 2 is 2.20 bits per heavy atom. The molecule has 3 heteroatoms. The predicted molar refractivity (Wildman–Crippen MR) is 72.4 cm³/mol. The average Bonchev–Trinajstić information content (AvgIpc) is 2.18. The van der Waals surface area contributed by atoms with Gasteiger partial charge in [0.15, 0.2) is 0 Å². The Labute approximate surface area is 105 Å². The number of hydrogen-bond donors (Lipinski definition) is 1. The second kappa shape index (κ2) is 6.56. The van der Waals surface area contributed by atoms with Gasteiger partial charge in [-0.25, -0.2) is 0 Å². The fourth-order valence-corrected chi connectivity index (χ4v) is 3.13. The van der Waals surface area contributed by atoms with Gasteiger partial charge in [0.05, 0.1) is 0 Å². The lowest BCUT2D eigenvalue weighted by atomic mass is 10.1. The minimum Gasteiger partial charge on any atom is -0.324 e. The van der Waals surface area contributed by atoms with Crippen LogP contribution in [0.3, 0.4) is 0 Å². The first-order chi connectivity index (χ1) is 7.15. The SMILES string of the molecule is CCCCSc1cc(Br)ccc1C(C)N. The molecular weight excluding hydrogens is 270 g/mol. The summed E-state index contributed by atoms with van der Waals surface area (Å²) in [6.07, 6.45) is 2.50. The van der Waals surface area contributed by atoms with E-state index in [4.69, 9.17) is 5.73 Å². The summed E-state index contributed by atoms with van der Waals surface area (Å²) >= 11 is 5.40. The first kappa shape index (κ1) is 13.1. The van der Waals surface area contributed by atoms with E-state index in [0.29, 0.717) is 0 Å². The summed E-state index contributed by atoms with van der Waals surface area (Å²) in [6.45, 7) is 4.25. The zero-order valence-electron chi connectivity index (χ0n) is 9.29. The molecule has 1 atom stereocenters. The third-order valence-corrected chi connectivity index (χ3v) is 3.87. The third-order valence-electron chi connectivity index (χ3n) is 2.22. The molecule has 0 heterocycles. The van der Waals surface area contributed by atoms with Gasteiger partial charge in [-0.1, -0.05) is 35.3 Å². The number of rotatable bonds is 5. The van der Waals surface area contributed by atoms with E-state index in [1.807, 2.05) is 18.7 Å². The van der Waals surface area contributed by atoms with Crippen molar-refractivity contribution < 1.29 is 0 Å². The predicted octanol–water partition coefficient (Wildman–Crippen LogP) is 4.36. The van der Waals surface area contributed by atoms with Gasteiger partial charge >= 0.3 is 0 Å². The van der Waals surface area contributed by atoms with Crippen LogP contribution in [0, 0.1) is 0 Å². The van der Waals surface area contributed by atoms with E-state index in [0.717, 1.165) is 4.47 Å². The van der Waals surface area contributed by atoms with E-state index < -0.39 is 0 Å². The third kappa shape index (κ3) is 4.17. The van der Waals surface area contributed by atoms with Crippen molar-refractivity contribution in [2.45, 2.75) is 37.6 Å². The van der Waals surface area contributed by atoms with Gasteiger partial charge in [0, 0.05) is 15.4 Å². The number of unbranched alkanes of at least 4 members (excludes halogenated alkanes) is 1. The van der Waals surface area contributed by atoms with Gasteiger partial charge in [-0.2, -0.15) is 0 Å². The minimum absolute atomic E-state index is 0.113. The molecule has 1 nitrogen and oxygen atoms in total. The maximum atomic E-state index is 5.94. The molecule has 0 spiro atoms. The Morgan fingerprint density at radius 1 is 1.47 bits per heavy atom. The lowest BCUT2D eigenvalue weighted by Gasteiger charge is -2.12. The molecule has 2 N–H and O–H groups in total. The van der Waals surface area contributed by atoms with Crippen LogP contribution < -0.4 is 5.73 Å². The van der Waals surface area contributed by atoms with Gasteiger partial charge in [0.1, 0.15) is 0 Å². The normalized spacial score (nSPS) is 12.8. The number of thioether (sulfide) groups is 1. The maximum absolute atomic E-state index is 5.94. The lowest BCUT2D eigenvalue weighted by Crippen LogP contribution is -2.06. The molecule has 0 aliphatic carbocycles. The Kier molecular flexibility index (Phi) is 5.72. The van der Waals surface area contributed by atoms with Crippen molar-refractivity contribution in [3.05, 3.63) is 28.2 Å². The van der Waals surface area contributed by atoms with Crippen LogP contribution in [0.5, 0.6) is 0 Å². The topological polar surface area (TPSA) is 26.0 Å².